The lowest BCUT2D eigenvalue weighted by molar-refractivity contribution is -0.134. The minimum absolute atomic E-state index is 0.110. The van der Waals surface area contributed by atoms with Gasteiger partial charge in [-0.05, 0) is 42.5 Å². The summed E-state index contributed by atoms with van der Waals surface area (Å²) in [6.45, 7) is 2.79. The first-order chi connectivity index (χ1) is 19.2. The monoisotopic (exact) mass is 547 g/mol. The molecule has 1 saturated carbocycles. The molecule has 1 saturated heterocycles. The van der Waals surface area contributed by atoms with Gasteiger partial charge in [-0.2, -0.15) is 5.26 Å². The fourth-order valence-electron chi connectivity index (χ4n) is 6.20. The van der Waals surface area contributed by atoms with E-state index in [4.69, 9.17) is 4.74 Å². The second kappa shape index (κ2) is 9.55. The number of carbonyl (C=O) groups excluding carboxylic acids is 1. The summed E-state index contributed by atoms with van der Waals surface area (Å²) >= 11 is 0. The number of imidazole rings is 1. The number of hydrogen-bond donors (Lipinski definition) is 1. The molecule has 3 aromatic rings. The van der Waals surface area contributed by atoms with Crippen molar-refractivity contribution in [2.45, 2.75) is 50.2 Å². The van der Waals surface area contributed by atoms with E-state index in [-0.39, 0.29) is 30.5 Å². The van der Waals surface area contributed by atoms with Gasteiger partial charge in [0.05, 0.1) is 38.5 Å². The van der Waals surface area contributed by atoms with Crippen molar-refractivity contribution in [3.8, 4) is 11.8 Å². The molecule has 1 aromatic carbocycles. The van der Waals surface area contributed by atoms with Crippen LogP contribution in [0.25, 0.3) is 0 Å². The van der Waals surface area contributed by atoms with Gasteiger partial charge in [0.1, 0.15) is 17.4 Å². The predicted molar refractivity (Wildman–Crippen MR) is 143 cm³/mol. The second-order valence-electron chi connectivity index (χ2n) is 11.1. The van der Waals surface area contributed by atoms with Crippen molar-refractivity contribution in [3.05, 3.63) is 70.3 Å². The van der Waals surface area contributed by atoms with Gasteiger partial charge in [-0.1, -0.05) is 6.07 Å². The zero-order valence-corrected chi connectivity index (χ0v) is 22.7. The van der Waals surface area contributed by atoms with Crippen LogP contribution in [-0.2, 0) is 18.5 Å². The van der Waals surface area contributed by atoms with Crippen LogP contribution < -0.4 is 10.1 Å². The second-order valence-corrected chi connectivity index (χ2v) is 11.1. The minimum atomic E-state index is -2.66. The average molecular weight is 548 g/mol. The number of carbonyl (C=O) groups is 1. The normalized spacial score (nSPS) is 19.5. The van der Waals surface area contributed by atoms with E-state index in [1.807, 2.05) is 28.7 Å². The number of rotatable bonds is 8. The lowest BCUT2D eigenvalue weighted by Gasteiger charge is -2.42. The third-order valence-electron chi connectivity index (χ3n) is 8.35. The molecule has 1 atom stereocenters. The van der Waals surface area contributed by atoms with Gasteiger partial charge in [0, 0.05) is 55.8 Å². The van der Waals surface area contributed by atoms with Gasteiger partial charge in [0.25, 0.3) is 11.8 Å². The molecule has 3 aliphatic rings. The Morgan fingerprint density at radius 2 is 1.95 bits per heavy atom. The molecular weight excluding hydrogens is 516 g/mol. The van der Waals surface area contributed by atoms with Gasteiger partial charge < -0.3 is 19.5 Å². The average Bonchev–Trinajstić information content (AvgIpc) is 3.55. The molecule has 2 aliphatic heterocycles. The van der Waals surface area contributed by atoms with Crippen molar-refractivity contribution in [1.82, 2.24) is 24.3 Å². The SMILES string of the molecule is CNc1nccn1Cc1cc(CN2CC(F)(F)C2)c2c(c1)C(=O)N([C@@H](C)c1cc(OC)c(C#N)cn1)CC21CC1. The van der Waals surface area contributed by atoms with Crippen LogP contribution in [0.3, 0.4) is 0 Å². The zero-order valence-electron chi connectivity index (χ0n) is 22.7. The summed E-state index contributed by atoms with van der Waals surface area (Å²) in [4.78, 5) is 26.6. The summed E-state index contributed by atoms with van der Waals surface area (Å²) in [5, 5.41) is 12.4. The third-order valence-corrected chi connectivity index (χ3v) is 8.35. The Kier molecular flexibility index (Phi) is 6.26. The Hall–Kier alpha value is -4.04. The van der Waals surface area contributed by atoms with Crippen molar-refractivity contribution in [2.75, 3.05) is 39.1 Å². The summed E-state index contributed by atoms with van der Waals surface area (Å²) < 4.78 is 34.8. The van der Waals surface area contributed by atoms with E-state index in [0.29, 0.717) is 48.2 Å². The third kappa shape index (κ3) is 4.46. The van der Waals surface area contributed by atoms with Crippen LogP contribution in [-0.4, -0.2) is 70.0 Å². The number of halogens is 2. The molecule has 0 bridgehead atoms. The van der Waals surface area contributed by atoms with E-state index in [1.165, 1.54) is 13.3 Å². The van der Waals surface area contributed by atoms with E-state index in [1.54, 1.807) is 24.2 Å². The van der Waals surface area contributed by atoms with Crippen molar-refractivity contribution in [2.24, 2.45) is 0 Å². The number of nitrogens with one attached hydrogen (secondary N) is 1. The maximum atomic E-state index is 14.2. The maximum Gasteiger partial charge on any atom is 0.272 e. The van der Waals surface area contributed by atoms with E-state index in [9.17, 15) is 18.8 Å². The van der Waals surface area contributed by atoms with Crippen LogP contribution in [0, 0.1) is 11.3 Å². The van der Waals surface area contributed by atoms with Crippen LogP contribution >= 0.6 is 0 Å². The summed E-state index contributed by atoms with van der Waals surface area (Å²) in [6, 6.07) is 7.47. The van der Waals surface area contributed by atoms with Gasteiger partial charge in [-0.3, -0.25) is 14.7 Å². The number of nitriles is 1. The largest absolute Gasteiger partial charge is 0.495 e. The van der Waals surface area contributed by atoms with Crippen LogP contribution in [0.5, 0.6) is 5.75 Å². The van der Waals surface area contributed by atoms with Gasteiger partial charge >= 0.3 is 0 Å². The number of methoxy groups -OCH3 is 1. The molecule has 0 radical (unpaired) electrons. The van der Waals surface area contributed by atoms with Gasteiger partial charge in [-0.25, -0.2) is 13.8 Å². The fraction of sp³-hybridized carbons (Fsp3) is 0.448. The molecule has 1 N–H and O–H groups in total. The summed E-state index contributed by atoms with van der Waals surface area (Å²) in [7, 11) is 3.30. The van der Waals surface area contributed by atoms with Crippen molar-refractivity contribution in [3.63, 3.8) is 0 Å². The van der Waals surface area contributed by atoms with Crippen molar-refractivity contribution >= 4 is 11.9 Å². The summed E-state index contributed by atoms with van der Waals surface area (Å²) in [5.74, 6) is -1.66. The summed E-state index contributed by atoms with van der Waals surface area (Å²) in [5.41, 5.74) is 4.25. The zero-order chi connectivity index (χ0) is 28.2. The Labute approximate surface area is 231 Å². The van der Waals surface area contributed by atoms with Gasteiger partial charge in [0.15, 0.2) is 0 Å². The standard InChI is InChI=1S/C29H31F2N7O2/c1-18(23-10-24(40-3)21(11-32)12-35-23)38-15-28(4-5-28)25-20(14-36-16-29(30,31)17-36)8-19(9-22(25)26(38)39)13-37-7-6-34-27(37)33-2/h6-10,12,18H,4-5,13-17H2,1-3H3,(H,33,34)/t18-/m0/s1. The highest BCUT2D eigenvalue weighted by atomic mass is 19.3. The number of ether oxygens (including phenoxy) is 1. The number of amides is 1. The smallest absolute Gasteiger partial charge is 0.272 e. The minimum Gasteiger partial charge on any atom is -0.495 e. The van der Waals surface area contributed by atoms with Crippen LogP contribution in [0.1, 0.15) is 64.1 Å². The first-order valence-electron chi connectivity index (χ1n) is 13.4. The number of likely N-dealkylation sites (tertiary alicyclic amines) is 1. The predicted octanol–water partition coefficient (Wildman–Crippen LogP) is 3.95. The molecule has 6 rings (SSSR count). The molecule has 11 heteroatoms. The number of pyridine rings is 1. The number of anilines is 1. The Morgan fingerprint density at radius 3 is 2.60 bits per heavy atom. The first kappa shape index (κ1) is 26.2. The van der Waals surface area contributed by atoms with Crippen LogP contribution in [0.15, 0.2) is 36.8 Å². The molecule has 4 heterocycles. The molecule has 2 fully saturated rings. The van der Waals surface area contributed by atoms with Gasteiger partial charge in [0.2, 0.25) is 5.95 Å². The van der Waals surface area contributed by atoms with E-state index >= 15 is 0 Å². The highest BCUT2D eigenvalue weighted by Crippen LogP contribution is 2.55. The van der Waals surface area contributed by atoms with E-state index in [2.05, 4.69) is 27.4 Å². The molecule has 9 nitrogen and oxygen atoms in total. The Bertz CT molecular complexity index is 1520. The topological polar surface area (TPSA) is 99.3 Å². The molecular formula is C29H31F2N7O2. The molecule has 0 unspecified atom stereocenters. The lowest BCUT2D eigenvalue weighted by Crippen LogP contribution is -2.55. The molecule has 208 valence electrons. The number of aromatic nitrogens is 3. The van der Waals surface area contributed by atoms with Crippen LogP contribution in [0.2, 0.25) is 0 Å². The quantitative estimate of drug-likeness (QED) is 0.456. The van der Waals surface area contributed by atoms with Crippen molar-refractivity contribution in [1.29, 1.82) is 5.26 Å². The number of hydrogen-bond acceptors (Lipinski definition) is 7. The number of benzene rings is 1. The summed E-state index contributed by atoms with van der Waals surface area (Å²) in [6.07, 6.45) is 6.90. The Balaban J connectivity index is 1.40. The number of alkyl halides is 2. The van der Waals surface area contributed by atoms with E-state index < -0.39 is 5.92 Å². The number of nitrogens with zero attached hydrogens (tertiary/aromatic N) is 6. The highest BCUT2D eigenvalue weighted by molar-refractivity contribution is 5.99. The lowest BCUT2D eigenvalue weighted by atomic mass is 9.80. The fourth-order valence-corrected chi connectivity index (χ4v) is 6.20. The molecule has 1 amide bonds. The molecule has 40 heavy (non-hydrogen) atoms. The Morgan fingerprint density at radius 1 is 1.18 bits per heavy atom. The van der Waals surface area contributed by atoms with E-state index in [0.717, 1.165) is 29.5 Å². The molecule has 2 aromatic heterocycles. The van der Waals surface area contributed by atoms with Crippen molar-refractivity contribution < 1.29 is 18.3 Å². The van der Waals surface area contributed by atoms with Gasteiger partial charge in [-0.15, -0.1) is 0 Å². The molecule has 1 aliphatic carbocycles. The first-order valence-corrected chi connectivity index (χ1v) is 13.4. The number of fused-ring (bicyclic) bond motifs is 2. The molecule has 1 spiro atoms. The highest BCUT2D eigenvalue weighted by Gasteiger charge is 2.54. The maximum absolute atomic E-state index is 14.2. The van der Waals surface area contributed by atoms with Crippen LogP contribution in [0.4, 0.5) is 14.7 Å².